The molecule has 0 unspecified atom stereocenters. The molecule has 21 heavy (non-hydrogen) atoms. The van der Waals surface area contributed by atoms with Gasteiger partial charge in [-0.25, -0.2) is 4.98 Å². The Morgan fingerprint density at radius 1 is 1.29 bits per heavy atom. The number of nitrogens with zero attached hydrogens (tertiary/aromatic N) is 2. The molecule has 1 aliphatic carbocycles. The van der Waals surface area contributed by atoms with Gasteiger partial charge in [-0.2, -0.15) is 0 Å². The number of hydrogen-bond donors (Lipinski definition) is 1. The van der Waals surface area contributed by atoms with Gasteiger partial charge in [-0.15, -0.1) is 11.3 Å². The Morgan fingerprint density at radius 2 is 2.00 bits per heavy atom. The fourth-order valence-corrected chi connectivity index (χ4v) is 3.69. The first-order valence-corrected chi connectivity index (χ1v) is 9.31. The molecule has 1 N–H and O–H groups in total. The highest BCUT2D eigenvalue weighted by Crippen LogP contribution is 2.30. The molecule has 0 amide bonds. The molecular formula is C17H31N3S. The van der Waals surface area contributed by atoms with Crippen molar-refractivity contribution in [2.75, 3.05) is 11.4 Å². The van der Waals surface area contributed by atoms with Crippen molar-refractivity contribution in [2.45, 2.75) is 78.9 Å². The predicted molar refractivity (Wildman–Crippen MR) is 93.3 cm³/mol. The first-order chi connectivity index (χ1) is 10.0. The van der Waals surface area contributed by atoms with Gasteiger partial charge in [0.1, 0.15) is 0 Å². The Hall–Kier alpha value is -0.610. The van der Waals surface area contributed by atoms with Crippen LogP contribution in [0.2, 0.25) is 0 Å². The molecule has 1 heterocycles. The van der Waals surface area contributed by atoms with Crippen LogP contribution in [-0.2, 0) is 13.0 Å². The van der Waals surface area contributed by atoms with Crippen LogP contribution in [0, 0.1) is 5.92 Å². The number of thiazole rings is 1. The molecule has 4 heteroatoms. The minimum Gasteiger partial charge on any atom is -0.345 e. The van der Waals surface area contributed by atoms with Crippen LogP contribution >= 0.6 is 11.3 Å². The molecule has 1 aromatic heterocycles. The minimum atomic E-state index is 0.511. The number of aromatic nitrogens is 1. The zero-order valence-corrected chi connectivity index (χ0v) is 15.1. The maximum atomic E-state index is 4.98. The highest BCUT2D eigenvalue weighted by molar-refractivity contribution is 7.15. The largest absolute Gasteiger partial charge is 0.345 e. The zero-order chi connectivity index (χ0) is 15.4. The summed E-state index contributed by atoms with van der Waals surface area (Å²) in [5, 5.41) is 4.86. The van der Waals surface area contributed by atoms with E-state index in [1.165, 1.54) is 35.0 Å². The molecule has 0 spiro atoms. The van der Waals surface area contributed by atoms with E-state index in [-0.39, 0.29) is 0 Å². The Labute approximate surface area is 134 Å². The molecule has 0 bridgehead atoms. The highest BCUT2D eigenvalue weighted by atomic mass is 32.1. The lowest BCUT2D eigenvalue weighted by Crippen LogP contribution is -2.34. The van der Waals surface area contributed by atoms with E-state index >= 15 is 0 Å². The first kappa shape index (κ1) is 16.8. The molecule has 1 aromatic rings. The van der Waals surface area contributed by atoms with E-state index in [0.29, 0.717) is 12.0 Å². The molecule has 0 saturated heterocycles. The van der Waals surface area contributed by atoms with E-state index in [1.54, 1.807) is 0 Å². The SMILES string of the molecule is CCCc1nc(N(CC(C)C)C(C)C)sc1CNC1CC1. The molecule has 120 valence electrons. The lowest BCUT2D eigenvalue weighted by atomic mass is 10.2. The van der Waals surface area contributed by atoms with Crippen LogP contribution in [0.5, 0.6) is 0 Å². The minimum absolute atomic E-state index is 0.511. The van der Waals surface area contributed by atoms with E-state index in [0.717, 1.165) is 25.6 Å². The van der Waals surface area contributed by atoms with Gasteiger partial charge in [0.15, 0.2) is 5.13 Å². The lowest BCUT2D eigenvalue weighted by molar-refractivity contribution is 0.569. The van der Waals surface area contributed by atoms with Crippen molar-refractivity contribution in [3.63, 3.8) is 0 Å². The second-order valence-corrected chi connectivity index (χ2v) is 7.97. The third-order valence-corrected chi connectivity index (χ3v) is 4.95. The predicted octanol–water partition coefficient (Wildman–Crippen LogP) is 4.22. The van der Waals surface area contributed by atoms with Crippen molar-refractivity contribution >= 4 is 16.5 Å². The molecule has 0 atom stereocenters. The summed E-state index contributed by atoms with van der Waals surface area (Å²) in [6, 6.07) is 1.28. The number of hydrogen-bond acceptors (Lipinski definition) is 4. The summed E-state index contributed by atoms with van der Waals surface area (Å²) in [4.78, 5) is 8.90. The zero-order valence-electron chi connectivity index (χ0n) is 14.3. The van der Waals surface area contributed by atoms with E-state index in [9.17, 15) is 0 Å². The third kappa shape index (κ3) is 4.96. The summed E-state index contributed by atoms with van der Waals surface area (Å²) in [5.74, 6) is 0.666. The summed E-state index contributed by atoms with van der Waals surface area (Å²) in [6.45, 7) is 13.4. The van der Waals surface area contributed by atoms with Crippen LogP contribution in [0.1, 0.15) is 64.5 Å². The maximum absolute atomic E-state index is 4.98. The van der Waals surface area contributed by atoms with E-state index in [4.69, 9.17) is 4.98 Å². The van der Waals surface area contributed by atoms with Gasteiger partial charge in [-0.1, -0.05) is 27.2 Å². The van der Waals surface area contributed by atoms with Gasteiger partial charge < -0.3 is 10.2 Å². The van der Waals surface area contributed by atoms with Crippen LogP contribution in [0.4, 0.5) is 5.13 Å². The van der Waals surface area contributed by atoms with Crippen molar-refractivity contribution in [3.05, 3.63) is 10.6 Å². The van der Waals surface area contributed by atoms with Gasteiger partial charge in [0, 0.05) is 30.1 Å². The van der Waals surface area contributed by atoms with Crippen LogP contribution < -0.4 is 10.2 Å². The summed E-state index contributed by atoms with van der Waals surface area (Å²) in [6.07, 6.45) is 4.97. The topological polar surface area (TPSA) is 28.2 Å². The number of rotatable bonds is 9. The molecular weight excluding hydrogens is 278 g/mol. The van der Waals surface area contributed by atoms with Gasteiger partial charge >= 0.3 is 0 Å². The summed E-state index contributed by atoms with van der Waals surface area (Å²) in [5.41, 5.74) is 1.32. The average molecular weight is 310 g/mol. The summed E-state index contributed by atoms with van der Waals surface area (Å²) >= 11 is 1.90. The maximum Gasteiger partial charge on any atom is 0.186 e. The highest BCUT2D eigenvalue weighted by Gasteiger charge is 2.23. The van der Waals surface area contributed by atoms with Gasteiger partial charge in [0.25, 0.3) is 0 Å². The normalized spacial score (nSPS) is 15.2. The number of anilines is 1. The number of aryl methyl sites for hydroxylation is 1. The Balaban J connectivity index is 2.14. The van der Waals surface area contributed by atoms with Crippen LogP contribution in [0.25, 0.3) is 0 Å². The van der Waals surface area contributed by atoms with E-state index in [1.807, 2.05) is 11.3 Å². The van der Waals surface area contributed by atoms with Gasteiger partial charge in [0.2, 0.25) is 0 Å². The molecule has 0 aliphatic heterocycles. The Kier molecular flexibility index (Phi) is 6.06. The van der Waals surface area contributed by atoms with Gasteiger partial charge in [-0.05, 0) is 39.0 Å². The van der Waals surface area contributed by atoms with Crippen molar-refractivity contribution in [3.8, 4) is 0 Å². The summed E-state index contributed by atoms with van der Waals surface area (Å²) < 4.78 is 0. The van der Waals surface area contributed by atoms with Gasteiger partial charge in [0.05, 0.1) is 5.69 Å². The van der Waals surface area contributed by atoms with Crippen LogP contribution in [0.15, 0.2) is 0 Å². The third-order valence-electron chi connectivity index (χ3n) is 3.81. The van der Waals surface area contributed by atoms with Crippen molar-refractivity contribution in [2.24, 2.45) is 5.92 Å². The Morgan fingerprint density at radius 3 is 2.52 bits per heavy atom. The monoisotopic (exact) mass is 309 g/mol. The molecule has 1 fully saturated rings. The van der Waals surface area contributed by atoms with Gasteiger partial charge in [-0.3, -0.25) is 0 Å². The second kappa shape index (κ2) is 7.59. The molecule has 2 rings (SSSR count). The molecule has 3 nitrogen and oxygen atoms in total. The average Bonchev–Trinajstić information content (AvgIpc) is 3.15. The molecule has 1 saturated carbocycles. The van der Waals surface area contributed by atoms with Crippen LogP contribution in [-0.4, -0.2) is 23.6 Å². The van der Waals surface area contributed by atoms with E-state index in [2.05, 4.69) is 44.8 Å². The fourth-order valence-electron chi connectivity index (χ4n) is 2.49. The smallest absolute Gasteiger partial charge is 0.186 e. The van der Waals surface area contributed by atoms with Crippen LogP contribution in [0.3, 0.4) is 0 Å². The first-order valence-electron chi connectivity index (χ1n) is 8.49. The molecule has 0 radical (unpaired) electrons. The van der Waals surface area contributed by atoms with E-state index < -0.39 is 0 Å². The molecule has 1 aliphatic rings. The Bertz CT molecular complexity index is 435. The quantitative estimate of drug-likeness (QED) is 0.740. The second-order valence-electron chi connectivity index (χ2n) is 6.91. The lowest BCUT2D eigenvalue weighted by Gasteiger charge is -2.27. The standard InChI is InChI=1S/C17H31N3S/c1-6-7-15-16(10-18-14-8-9-14)21-17(19-15)20(13(4)5)11-12(2)3/h12-14,18H,6-11H2,1-5H3. The summed E-state index contributed by atoms with van der Waals surface area (Å²) in [7, 11) is 0. The van der Waals surface area contributed by atoms with Crippen molar-refractivity contribution in [1.82, 2.24) is 10.3 Å². The molecule has 0 aromatic carbocycles. The van der Waals surface area contributed by atoms with Crippen molar-refractivity contribution < 1.29 is 0 Å². The fraction of sp³-hybridized carbons (Fsp3) is 0.824. The number of nitrogens with one attached hydrogen (secondary N) is 1. The van der Waals surface area contributed by atoms with Crippen molar-refractivity contribution in [1.29, 1.82) is 0 Å².